The minimum atomic E-state index is 0.683. The highest BCUT2D eigenvalue weighted by Gasteiger charge is 2.11. The van der Waals surface area contributed by atoms with Crippen molar-refractivity contribution in [2.75, 3.05) is 6.54 Å². The minimum absolute atomic E-state index is 0.683. The van der Waals surface area contributed by atoms with Crippen molar-refractivity contribution in [3.63, 3.8) is 0 Å². The first-order chi connectivity index (χ1) is 4.70. The van der Waals surface area contributed by atoms with Gasteiger partial charge in [0.15, 0.2) is 0 Å². The van der Waals surface area contributed by atoms with Crippen LogP contribution in [-0.2, 0) is 0 Å². The van der Waals surface area contributed by atoms with Gasteiger partial charge in [0.2, 0.25) is 0 Å². The normalized spacial score (nSPS) is 26.8. The van der Waals surface area contributed by atoms with E-state index in [9.17, 15) is 0 Å². The highest BCUT2D eigenvalue weighted by atomic mass is 14.9. The third-order valence-electron chi connectivity index (χ3n) is 2.11. The van der Waals surface area contributed by atoms with E-state index in [0.717, 1.165) is 12.5 Å². The van der Waals surface area contributed by atoms with Crippen molar-refractivity contribution in [1.29, 1.82) is 0 Å². The Labute approximate surface area is 63.5 Å². The van der Waals surface area contributed by atoms with Gasteiger partial charge in [-0.25, -0.2) is 0 Å². The summed E-state index contributed by atoms with van der Waals surface area (Å²) >= 11 is 0. The predicted octanol–water partition coefficient (Wildman–Crippen LogP) is 1.95. The summed E-state index contributed by atoms with van der Waals surface area (Å²) in [4.78, 5) is 0. The molecule has 0 aromatic carbocycles. The average Bonchev–Trinajstić information content (AvgIpc) is 1.88. The largest absolute Gasteiger partial charge is 0.310 e. The molecule has 0 bridgehead atoms. The first kappa shape index (κ1) is 7.80. The first-order valence-electron chi connectivity index (χ1n) is 4.12. The summed E-state index contributed by atoms with van der Waals surface area (Å²) < 4.78 is 0. The monoisotopic (exact) mass is 139 g/mol. The quantitative estimate of drug-likeness (QED) is 0.547. The maximum Gasteiger partial charge on any atom is 0.0140 e. The van der Waals surface area contributed by atoms with Crippen LogP contribution in [0.1, 0.15) is 27.2 Å². The zero-order chi connectivity index (χ0) is 7.56. The molecular formula is C9H17N. The van der Waals surface area contributed by atoms with E-state index >= 15 is 0 Å². The Balaban J connectivity index is 2.51. The molecule has 0 aromatic heterocycles. The molecule has 1 nitrogen and oxygen atoms in total. The maximum absolute atomic E-state index is 3.39. The molecule has 1 atom stereocenters. The van der Waals surface area contributed by atoms with E-state index in [-0.39, 0.29) is 0 Å². The van der Waals surface area contributed by atoms with Gasteiger partial charge in [0, 0.05) is 12.6 Å². The van der Waals surface area contributed by atoms with Gasteiger partial charge in [-0.2, -0.15) is 0 Å². The molecule has 1 N–H and O–H groups in total. The summed E-state index contributed by atoms with van der Waals surface area (Å²) in [5.41, 5.74) is 1.62. The topological polar surface area (TPSA) is 12.0 Å². The van der Waals surface area contributed by atoms with Crippen LogP contribution in [0.3, 0.4) is 0 Å². The molecule has 0 fully saturated rings. The second kappa shape index (κ2) is 3.20. The molecule has 0 radical (unpaired) electrons. The van der Waals surface area contributed by atoms with Gasteiger partial charge in [-0.1, -0.05) is 25.5 Å². The molecule has 0 saturated heterocycles. The van der Waals surface area contributed by atoms with E-state index in [1.54, 1.807) is 5.57 Å². The highest BCUT2D eigenvalue weighted by Crippen LogP contribution is 2.17. The molecule has 1 aliphatic rings. The summed E-state index contributed by atoms with van der Waals surface area (Å²) in [6.45, 7) is 7.85. The Bertz CT molecular complexity index is 136. The lowest BCUT2D eigenvalue weighted by atomic mass is 9.94. The summed E-state index contributed by atoms with van der Waals surface area (Å²) in [6, 6.07) is 0.683. The van der Waals surface area contributed by atoms with Crippen LogP contribution in [0.25, 0.3) is 0 Å². The predicted molar refractivity (Wildman–Crippen MR) is 45.0 cm³/mol. The lowest BCUT2D eigenvalue weighted by molar-refractivity contribution is 0.519. The number of nitrogens with one attached hydrogen (secondary N) is 1. The van der Waals surface area contributed by atoms with Crippen molar-refractivity contribution < 1.29 is 0 Å². The summed E-state index contributed by atoms with van der Waals surface area (Å²) in [6.07, 6.45) is 3.56. The third kappa shape index (κ3) is 1.84. The SMILES string of the molecule is CC(C)C1=CCN[C@H](C)C1. The first-order valence-corrected chi connectivity index (χ1v) is 4.12. The minimum Gasteiger partial charge on any atom is -0.310 e. The van der Waals surface area contributed by atoms with E-state index < -0.39 is 0 Å². The third-order valence-corrected chi connectivity index (χ3v) is 2.11. The van der Waals surface area contributed by atoms with Gasteiger partial charge < -0.3 is 5.32 Å². The van der Waals surface area contributed by atoms with E-state index in [1.165, 1.54) is 6.42 Å². The molecule has 58 valence electrons. The summed E-state index contributed by atoms with van der Waals surface area (Å²) in [5.74, 6) is 0.740. The molecule has 10 heavy (non-hydrogen) atoms. The van der Waals surface area contributed by atoms with Crippen molar-refractivity contribution in [3.05, 3.63) is 11.6 Å². The van der Waals surface area contributed by atoms with Crippen LogP contribution in [0.5, 0.6) is 0 Å². The van der Waals surface area contributed by atoms with E-state index in [4.69, 9.17) is 0 Å². The van der Waals surface area contributed by atoms with Crippen LogP contribution >= 0.6 is 0 Å². The van der Waals surface area contributed by atoms with Crippen molar-refractivity contribution in [2.24, 2.45) is 5.92 Å². The Morgan fingerprint density at radius 2 is 2.30 bits per heavy atom. The fraction of sp³-hybridized carbons (Fsp3) is 0.778. The fourth-order valence-corrected chi connectivity index (χ4v) is 1.37. The molecule has 0 aliphatic carbocycles. The molecule has 0 spiro atoms. The van der Waals surface area contributed by atoms with Crippen LogP contribution in [0.2, 0.25) is 0 Å². The standard InChI is InChI=1S/C9H17N/c1-7(2)9-4-5-10-8(3)6-9/h4,7-8,10H,5-6H2,1-3H3/t8-/m1/s1. The second-order valence-corrected chi connectivity index (χ2v) is 3.45. The Hall–Kier alpha value is -0.300. The molecule has 0 saturated carbocycles. The molecule has 0 unspecified atom stereocenters. The highest BCUT2D eigenvalue weighted by molar-refractivity contribution is 5.10. The van der Waals surface area contributed by atoms with Crippen LogP contribution in [0, 0.1) is 5.92 Å². The Morgan fingerprint density at radius 1 is 1.60 bits per heavy atom. The van der Waals surface area contributed by atoms with Gasteiger partial charge in [-0.3, -0.25) is 0 Å². The smallest absolute Gasteiger partial charge is 0.0140 e. The van der Waals surface area contributed by atoms with Crippen LogP contribution in [0.4, 0.5) is 0 Å². The molecule has 1 rings (SSSR count). The number of hydrogen-bond donors (Lipinski definition) is 1. The lowest BCUT2D eigenvalue weighted by Crippen LogP contribution is -2.31. The second-order valence-electron chi connectivity index (χ2n) is 3.45. The van der Waals surface area contributed by atoms with Crippen LogP contribution in [-0.4, -0.2) is 12.6 Å². The number of rotatable bonds is 1. The van der Waals surface area contributed by atoms with Crippen molar-refractivity contribution >= 4 is 0 Å². The molecule has 1 heteroatoms. The van der Waals surface area contributed by atoms with Gasteiger partial charge >= 0.3 is 0 Å². The zero-order valence-electron chi connectivity index (χ0n) is 7.15. The van der Waals surface area contributed by atoms with Crippen LogP contribution in [0.15, 0.2) is 11.6 Å². The summed E-state index contributed by atoms with van der Waals surface area (Å²) in [7, 11) is 0. The van der Waals surface area contributed by atoms with E-state index in [0.29, 0.717) is 6.04 Å². The van der Waals surface area contributed by atoms with E-state index in [1.807, 2.05) is 0 Å². The molecule has 1 aliphatic heterocycles. The van der Waals surface area contributed by atoms with E-state index in [2.05, 4.69) is 32.2 Å². The van der Waals surface area contributed by atoms with Gasteiger partial charge in [-0.05, 0) is 19.3 Å². The Morgan fingerprint density at radius 3 is 2.70 bits per heavy atom. The zero-order valence-corrected chi connectivity index (χ0v) is 7.15. The van der Waals surface area contributed by atoms with Gasteiger partial charge in [0.25, 0.3) is 0 Å². The van der Waals surface area contributed by atoms with Gasteiger partial charge in [-0.15, -0.1) is 0 Å². The lowest BCUT2D eigenvalue weighted by Gasteiger charge is -2.22. The molecule has 1 heterocycles. The van der Waals surface area contributed by atoms with Gasteiger partial charge in [0.05, 0.1) is 0 Å². The fourth-order valence-electron chi connectivity index (χ4n) is 1.37. The van der Waals surface area contributed by atoms with Crippen molar-refractivity contribution in [2.45, 2.75) is 33.2 Å². The molecular weight excluding hydrogens is 122 g/mol. The van der Waals surface area contributed by atoms with Crippen molar-refractivity contribution in [1.82, 2.24) is 5.32 Å². The molecule has 0 amide bonds. The van der Waals surface area contributed by atoms with Gasteiger partial charge in [0.1, 0.15) is 0 Å². The summed E-state index contributed by atoms with van der Waals surface area (Å²) in [5, 5.41) is 3.39. The molecule has 0 aromatic rings. The average molecular weight is 139 g/mol. The van der Waals surface area contributed by atoms with Crippen molar-refractivity contribution in [3.8, 4) is 0 Å². The Kier molecular flexibility index (Phi) is 2.50. The number of hydrogen-bond acceptors (Lipinski definition) is 1. The maximum atomic E-state index is 3.39. The van der Waals surface area contributed by atoms with Crippen LogP contribution < -0.4 is 5.32 Å².